The lowest BCUT2D eigenvalue weighted by Crippen LogP contribution is -2.53. The van der Waals surface area contributed by atoms with E-state index in [1.165, 1.54) is 5.56 Å². The minimum absolute atomic E-state index is 0.192. The van der Waals surface area contributed by atoms with E-state index < -0.39 is 0 Å². The van der Waals surface area contributed by atoms with Gasteiger partial charge in [-0.2, -0.15) is 0 Å². The molecule has 3 nitrogen and oxygen atoms in total. The number of likely N-dealkylation sites (tertiary alicyclic amines) is 1. The lowest BCUT2D eigenvalue weighted by Gasteiger charge is -2.39. The van der Waals surface area contributed by atoms with E-state index in [1.807, 2.05) is 12.1 Å². The summed E-state index contributed by atoms with van der Waals surface area (Å²) in [4.78, 5) is 2.35. The normalized spacial score (nSPS) is 26.0. The molecule has 1 aromatic rings. The highest BCUT2D eigenvalue weighted by Crippen LogP contribution is 2.24. The second-order valence-corrected chi connectivity index (χ2v) is 5.24. The zero-order valence-electron chi connectivity index (χ0n) is 11.6. The molecule has 1 aliphatic heterocycles. The first-order chi connectivity index (χ1) is 9.22. The molecular weight excluding hydrogens is 236 g/mol. The molecule has 1 heterocycles. The molecule has 19 heavy (non-hydrogen) atoms. The molecule has 0 radical (unpaired) electrons. The highest BCUT2D eigenvalue weighted by Gasteiger charge is 2.29. The van der Waals surface area contributed by atoms with Gasteiger partial charge in [0, 0.05) is 31.7 Å². The Hall–Kier alpha value is -1.16. The number of hydrogen-bond donors (Lipinski definition) is 2. The Morgan fingerprint density at radius 3 is 2.84 bits per heavy atom. The number of rotatable bonds is 5. The van der Waals surface area contributed by atoms with Crippen molar-refractivity contribution in [2.24, 2.45) is 0 Å². The monoisotopic (exact) mass is 260 g/mol. The van der Waals surface area contributed by atoms with Gasteiger partial charge in [-0.05, 0) is 18.9 Å². The third-order valence-electron chi connectivity index (χ3n) is 3.97. The van der Waals surface area contributed by atoms with Crippen LogP contribution >= 0.6 is 0 Å². The number of aliphatic hydroxyl groups excluding tert-OH is 1. The third-order valence-corrected chi connectivity index (χ3v) is 3.97. The molecule has 0 saturated carbocycles. The molecule has 1 aliphatic rings. The van der Waals surface area contributed by atoms with Crippen LogP contribution in [0.5, 0.6) is 0 Å². The Bertz CT molecular complexity index is 393. The molecule has 1 saturated heterocycles. The van der Waals surface area contributed by atoms with Gasteiger partial charge in [0.2, 0.25) is 0 Å². The van der Waals surface area contributed by atoms with Crippen molar-refractivity contribution in [3.63, 3.8) is 0 Å². The Kier molecular flexibility index (Phi) is 5.14. The van der Waals surface area contributed by atoms with Gasteiger partial charge in [-0.25, -0.2) is 0 Å². The molecule has 0 amide bonds. The van der Waals surface area contributed by atoms with E-state index in [2.05, 4.69) is 48.0 Å². The fraction of sp³-hybridized carbons (Fsp3) is 0.500. The first kappa shape index (κ1) is 14.3. The number of benzene rings is 1. The fourth-order valence-electron chi connectivity index (χ4n) is 2.72. The quantitative estimate of drug-likeness (QED) is 0.794. The van der Waals surface area contributed by atoms with E-state index in [1.54, 1.807) is 0 Å². The maximum absolute atomic E-state index is 10.2. The average molecular weight is 260 g/mol. The SMILES string of the molecule is C=CCNC1CCN(C(C)c2ccccc2)CC1O. The maximum Gasteiger partial charge on any atom is 0.0820 e. The fourth-order valence-corrected chi connectivity index (χ4v) is 2.72. The van der Waals surface area contributed by atoms with Crippen molar-refractivity contribution in [1.82, 2.24) is 10.2 Å². The van der Waals surface area contributed by atoms with Crippen molar-refractivity contribution in [1.29, 1.82) is 0 Å². The Balaban J connectivity index is 1.92. The van der Waals surface area contributed by atoms with Crippen LogP contribution in [0.4, 0.5) is 0 Å². The highest BCUT2D eigenvalue weighted by atomic mass is 16.3. The summed E-state index contributed by atoms with van der Waals surface area (Å²) < 4.78 is 0. The minimum atomic E-state index is -0.306. The van der Waals surface area contributed by atoms with Gasteiger partial charge in [0.05, 0.1) is 6.10 Å². The summed E-state index contributed by atoms with van der Waals surface area (Å²) in [5.74, 6) is 0. The van der Waals surface area contributed by atoms with Crippen molar-refractivity contribution in [2.45, 2.75) is 31.5 Å². The van der Waals surface area contributed by atoms with E-state index >= 15 is 0 Å². The summed E-state index contributed by atoms with van der Waals surface area (Å²) in [5, 5.41) is 13.5. The van der Waals surface area contributed by atoms with Crippen LogP contribution in [-0.2, 0) is 0 Å². The van der Waals surface area contributed by atoms with Crippen molar-refractivity contribution in [3.8, 4) is 0 Å². The molecular formula is C16H24N2O. The predicted molar refractivity (Wildman–Crippen MR) is 79.0 cm³/mol. The molecule has 3 atom stereocenters. The summed E-state index contributed by atoms with van der Waals surface area (Å²) in [6, 6.07) is 11.0. The van der Waals surface area contributed by atoms with Crippen LogP contribution in [-0.4, -0.2) is 41.8 Å². The number of hydrogen-bond acceptors (Lipinski definition) is 3. The van der Waals surface area contributed by atoms with Crippen LogP contribution in [0.3, 0.4) is 0 Å². The molecule has 1 fully saturated rings. The van der Waals surface area contributed by atoms with Crippen LogP contribution in [0.2, 0.25) is 0 Å². The lowest BCUT2D eigenvalue weighted by molar-refractivity contribution is 0.0247. The van der Waals surface area contributed by atoms with Crippen molar-refractivity contribution >= 4 is 0 Å². The van der Waals surface area contributed by atoms with Crippen LogP contribution in [0, 0.1) is 0 Å². The van der Waals surface area contributed by atoms with Crippen LogP contribution in [0.1, 0.15) is 24.9 Å². The number of nitrogens with zero attached hydrogens (tertiary/aromatic N) is 1. The molecule has 2 rings (SSSR count). The second-order valence-electron chi connectivity index (χ2n) is 5.24. The smallest absolute Gasteiger partial charge is 0.0820 e. The Morgan fingerprint density at radius 1 is 1.47 bits per heavy atom. The van der Waals surface area contributed by atoms with Gasteiger partial charge in [-0.1, -0.05) is 36.4 Å². The summed E-state index contributed by atoms with van der Waals surface area (Å²) in [6.07, 6.45) is 2.51. The minimum Gasteiger partial charge on any atom is -0.390 e. The molecule has 3 unspecified atom stereocenters. The average Bonchev–Trinajstić information content (AvgIpc) is 2.46. The number of β-amino-alcohol motifs (C(OH)–C–C–N with tert-alkyl or cyclic N) is 1. The van der Waals surface area contributed by atoms with Gasteiger partial charge < -0.3 is 10.4 Å². The lowest BCUT2D eigenvalue weighted by atomic mass is 9.98. The molecule has 0 aliphatic carbocycles. The van der Waals surface area contributed by atoms with Crippen molar-refractivity contribution < 1.29 is 5.11 Å². The van der Waals surface area contributed by atoms with Gasteiger partial charge in [-0.15, -0.1) is 6.58 Å². The summed E-state index contributed by atoms with van der Waals surface area (Å²) in [7, 11) is 0. The zero-order valence-corrected chi connectivity index (χ0v) is 11.6. The van der Waals surface area contributed by atoms with Crippen molar-refractivity contribution in [3.05, 3.63) is 48.6 Å². The molecule has 0 spiro atoms. The molecule has 3 heteroatoms. The molecule has 2 N–H and O–H groups in total. The van der Waals surface area contributed by atoms with Crippen LogP contribution < -0.4 is 5.32 Å². The zero-order chi connectivity index (χ0) is 13.7. The molecule has 1 aromatic carbocycles. The van der Waals surface area contributed by atoms with Gasteiger partial charge in [-0.3, -0.25) is 4.90 Å². The molecule has 0 aromatic heterocycles. The summed E-state index contributed by atoms with van der Waals surface area (Å²) in [5.41, 5.74) is 1.31. The Labute approximate surface area is 115 Å². The standard InChI is InChI=1S/C16H24N2O/c1-3-10-17-15-9-11-18(12-16(15)19)13(2)14-7-5-4-6-8-14/h3-8,13,15-17,19H,1,9-12H2,2H3. The number of piperidine rings is 1. The second kappa shape index (κ2) is 6.85. The largest absolute Gasteiger partial charge is 0.390 e. The maximum atomic E-state index is 10.2. The third kappa shape index (κ3) is 3.66. The highest BCUT2D eigenvalue weighted by molar-refractivity contribution is 5.18. The topological polar surface area (TPSA) is 35.5 Å². The Morgan fingerprint density at radius 2 is 2.21 bits per heavy atom. The van der Waals surface area contributed by atoms with E-state index in [-0.39, 0.29) is 12.1 Å². The van der Waals surface area contributed by atoms with E-state index in [0.29, 0.717) is 6.04 Å². The molecule has 104 valence electrons. The van der Waals surface area contributed by atoms with Crippen molar-refractivity contribution in [2.75, 3.05) is 19.6 Å². The van der Waals surface area contributed by atoms with Gasteiger partial charge in [0.25, 0.3) is 0 Å². The van der Waals surface area contributed by atoms with Gasteiger partial charge >= 0.3 is 0 Å². The summed E-state index contributed by atoms with van der Waals surface area (Å²) in [6.45, 7) is 8.41. The number of aliphatic hydroxyl groups is 1. The van der Waals surface area contributed by atoms with E-state index in [0.717, 1.165) is 26.1 Å². The van der Waals surface area contributed by atoms with Gasteiger partial charge in [0.15, 0.2) is 0 Å². The number of nitrogens with one attached hydrogen (secondary N) is 1. The van der Waals surface area contributed by atoms with E-state index in [9.17, 15) is 5.11 Å². The van der Waals surface area contributed by atoms with Crippen LogP contribution in [0.25, 0.3) is 0 Å². The predicted octanol–water partition coefficient (Wildman–Crippen LogP) is 1.96. The summed E-state index contributed by atoms with van der Waals surface area (Å²) >= 11 is 0. The first-order valence-electron chi connectivity index (χ1n) is 7.03. The first-order valence-corrected chi connectivity index (χ1v) is 7.03. The van der Waals surface area contributed by atoms with Crippen LogP contribution in [0.15, 0.2) is 43.0 Å². The van der Waals surface area contributed by atoms with E-state index in [4.69, 9.17) is 0 Å². The van der Waals surface area contributed by atoms with Gasteiger partial charge in [0.1, 0.15) is 0 Å². The molecule has 0 bridgehead atoms.